The summed E-state index contributed by atoms with van der Waals surface area (Å²) in [6.07, 6.45) is 0.462. The number of aromatic nitrogens is 3. The van der Waals surface area contributed by atoms with E-state index in [9.17, 15) is 18.0 Å². The molecule has 1 amide bonds. The average Bonchev–Trinajstić information content (AvgIpc) is 3.27. The Hall–Kier alpha value is -3.79. The number of thiazole rings is 1. The van der Waals surface area contributed by atoms with Crippen molar-refractivity contribution in [1.29, 1.82) is 0 Å². The maximum Gasteiger partial charge on any atom is 0.416 e. The molecule has 6 nitrogen and oxygen atoms in total. The first-order chi connectivity index (χ1) is 15.9. The number of rotatable bonds is 7. The van der Waals surface area contributed by atoms with E-state index in [-0.39, 0.29) is 18.1 Å². The van der Waals surface area contributed by atoms with Crippen LogP contribution in [0.5, 0.6) is 5.75 Å². The van der Waals surface area contributed by atoms with Gasteiger partial charge in [0.25, 0.3) is 0 Å². The van der Waals surface area contributed by atoms with Crippen LogP contribution in [0.3, 0.4) is 0 Å². The molecule has 3 aromatic heterocycles. The Labute approximate surface area is 191 Å². The lowest BCUT2D eigenvalue weighted by atomic mass is 10.1. The maximum absolute atomic E-state index is 12.7. The van der Waals surface area contributed by atoms with Crippen LogP contribution in [0.4, 0.5) is 19.0 Å². The van der Waals surface area contributed by atoms with Gasteiger partial charge in [-0.05, 0) is 42.0 Å². The molecule has 10 heteroatoms. The summed E-state index contributed by atoms with van der Waals surface area (Å²) in [5.41, 5.74) is 1.25. The molecule has 0 aliphatic carbocycles. The molecule has 4 rings (SSSR count). The first kappa shape index (κ1) is 22.4. The van der Waals surface area contributed by atoms with Crippen LogP contribution in [0.15, 0.2) is 72.5 Å². The summed E-state index contributed by atoms with van der Waals surface area (Å²) in [5.74, 6) is 0.368. The molecule has 0 unspecified atom stereocenters. The summed E-state index contributed by atoms with van der Waals surface area (Å²) >= 11 is 1.26. The zero-order valence-electron chi connectivity index (χ0n) is 17.0. The molecule has 0 atom stereocenters. The summed E-state index contributed by atoms with van der Waals surface area (Å²) < 4.78 is 44.0. The smallest absolute Gasteiger partial charge is 0.416 e. The Morgan fingerprint density at radius 2 is 1.79 bits per heavy atom. The van der Waals surface area contributed by atoms with Crippen molar-refractivity contribution in [3.63, 3.8) is 0 Å². The van der Waals surface area contributed by atoms with Gasteiger partial charge in [0.2, 0.25) is 5.91 Å². The number of alkyl halides is 3. The number of carbonyl (C=O) groups excluding carboxylic acids is 1. The summed E-state index contributed by atoms with van der Waals surface area (Å²) in [6, 6.07) is 11.8. The lowest BCUT2D eigenvalue weighted by Gasteiger charge is -2.11. The zero-order valence-corrected chi connectivity index (χ0v) is 17.9. The molecule has 3 heterocycles. The number of amides is 1. The molecule has 0 fully saturated rings. The van der Waals surface area contributed by atoms with Crippen molar-refractivity contribution >= 4 is 23.1 Å². The molecule has 33 heavy (non-hydrogen) atoms. The number of anilines is 1. The molecule has 0 radical (unpaired) electrons. The van der Waals surface area contributed by atoms with Crippen LogP contribution in [0.25, 0.3) is 10.6 Å². The average molecular weight is 470 g/mol. The van der Waals surface area contributed by atoms with Crippen molar-refractivity contribution in [3.8, 4) is 16.3 Å². The van der Waals surface area contributed by atoms with Gasteiger partial charge in [-0.15, -0.1) is 11.3 Å². The van der Waals surface area contributed by atoms with E-state index >= 15 is 0 Å². The first-order valence-corrected chi connectivity index (χ1v) is 10.6. The van der Waals surface area contributed by atoms with E-state index in [1.165, 1.54) is 23.5 Å². The minimum atomic E-state index is -4.39. The predicted octanol–water partition coefficient (Wildman–Crippen LogP) is 5.38. The van der Waals surface area contributed by atoms with Gasteiger partial charge in [-0.25, -0.2) is 9.97 Å². The number of nitrogens with zero attached hydrogens (tertiary/aromatic N) is 3. The maximum atomic E-state index is 12.7. The highest BCUT2D eigenvalue weighted by atomic mass is 32.1. The van der Waals surface area contributed by atoms with E-state index in [2.05, 4.69) is 20.3 Å². The zero-order chi connectivity index (χ0) is 23.3. The van der Waals surface area contributed by atoms with Crippen molar-refractivity contribution in [2.45, 2.75) is 19.2 Å². The van der Waals surface area contributed by atoms with Gasteiger partial charge in [-0.2, -0.15) is 13.2 Å². The molecule has 1 N–H and O–H groups in total. The van der Waals surface area contributed by atoms with Gasteiger partial charge in [-0.3, -0.25) is 9.78 Å². The summed E-state index contributed by atoms with van der Waals surface area (Å²) in [4.78, 5) is 25.0. The molecule has 0 aliphatic rings. The second kappa shape index (κ2) is 9.78. The van der Waals surface area contributed by atoms with Crippen LogP contribution < -0.4 is 10.1 Å². The van der Waals surface area contributed by atoms with E-state index in [1.807, 2.05) is 12.1 Å². The molecule has 0 spiro atoms. The lowest BCUT2D eigenvalue weighted by molar-refractivity contribution is -0.137. The highest BCUT2D eigenvalue weighted by Crippen LogP contribution is 2.32. The van der Waals surface area contributed by atoms with Crippen molar-refractivity contribution in [2.75, 3.05) is 5.32 Å². The fourth-order valence-electron chi connectivity index (χ4n) is 2.90. The van der Waals surface area contributed by atoms with E-state index in [1.54, 1.807) is 36.1 Å². The van der Waals surface area contributed by atoms with E-state index in [4.69, 9.17) is 4.74 Å². The van der Waals surface area contributed by atoms with E-state index in [0.29, 0.717) is 28.6 Å². The molecule has 0 saturated carbocycles. The highest BCUT2D eigenvalue weighted by Gasteiger charge is 2.30. The second-order valence-electron chi connectivity index (χ2n) is 6.94. The SMILES string of the molecule is O=C(Cc1csc(-c2ccc(C(F)(F)F)cc2)n1)Nc1ncccc1OCc1ccncc1. The number of carbonyl (C=O) groups is 1. The Morgan fingerprint density at radius 3 is 2.52 bits per heavy atom. The van der Waals surface area contributed by atoms with E-state index in [0.717, 1.165) is 17.7 Å². The molecule has 168 valence electrons. The highest BCUT2D eigenvalue weighted by molar-refractivity contribution is 7.13. The third kappa shape index (κ3) is 5.92. The van der Waals surface area contributed by atoms with Gasteiger partial charge in [0, 0.05) is 29.5 Å². The van der Waals surface area contributed by atoms with Gasteiger partial charge in [0.15, 0.2) is 11.6 Å². The Morgan fingerprint density at radius 1 is 1.03 bits per heavy atom. The van der Waals surface area contributed by atoms with Gasteiger partial charge in [0.05, 0.1) is 17.7 Å². The number of pyridine rings is 2. The molecular formula is C23H17F3N4O2S. The van der Waals surface area contributed by atoms with Crippen LogP contribution in [-0.4, -0.2) is 20.9 Å². The predicted molar refractivity (Wildman–Crippen MR) is 118 cm³/mol. The fraction of sp³-hybridized carbons (Fsp3) is 0.130. The number of benzene rings is 1. The van der Waals surface area contributed by atoms with Crippen LogP contribution >= 0.6 is 11.3 Å². The molecular weight excluding hydrogens is 453 g/mol. The van der Waals surface area contributed by atoms with Crippen molar-refractivity contribution in [2.24, 2.45) is 0 Å². The summed E-state index contributed by atoms with van der Waals surface area (Å²) in [6.45, 7) is 0.291. The Balaban J connectivity index is 1.38. The minimum absolute atomic E-state index is 0.0164. The van der Waals surface area contributed by atoms with Crippen LogP contribution in [0, 0.1) is 0 Å². The fourth-order valence-corrected chi connectivity index (χ4v) is 3.73. The first-order valence-electron chi connectivity index (χ1n) is 9.77. The molecule has 0 saturated heterocycles. The number of halogens is 3. The van der Waals surface area contributed by atoms with Crippen LogP contribution in [-0.2, 0) is 24.0 Å². The standard InChI is InChI=1S/C23H17F3N4O2S/c24-23(25,26)17-5-3-16(4-6-17)22-29-18(14-33-22)12-20(31)30-21-19(2-1-9-28-21)32-13-15-7-10-27-11-8-15/h1-11,14H,12-13H2,(H,28,30,31). The summed E-state index contributed by atoms with van der Waals surface area (Å²) in [7, 11) is 0. The number of ether oxygens (including phenoxy) is 1. The molecule has 0 bridgehead atoms. The summed E-state index contributed by atoms with van der Waals surface area (Å²) in [5, 5.41) is 4.95. The third-order valence-corrected chi connectivity index (χ3v) is 5.46. The largest absolute Gasteiger partial charge is 0.485 e. The quantitative estimate of drug-likeness (QED) is 0.393. The normalized spacial score (nSPS) is 11.2. The van der Waals surface area contributed by atoms with Crippen LogP contribution in [0.2, 0.25) is 0 Å². The minimum Gasteiger partial charge on any atom is -0.485 e. The number of hydrogen-bond acceptors (Lipinski definition) is 6. The third-order valence-electron chi connectivity index (χ3n) is 4.52. The van der Waals surface area contributed by atoms with Crippen LogP contribution in [0.1, 0.15) is 16.8 Å². The molecule has 1 aromatic carbocycles. The second-order valence-corrected chi connectivity index (χ2v) is 7.80. The molecule has 0 aliphatic heterocycles. The van der Waals surface area contributed by atoms with E-state index < -0.39 is 11.7 Å². The topological polar surface area (TPSA) is 77.0 Å². The number of nitrogens with one attached hydrogen (secondary N) is 1. The van der Waals surface area contributed by atoms with Crippen molar-refractivity contribution in [1.82, 2.24) is 15.0 Å². The lowest BCUT2D eigenvalue weighted by Crippen LogP contribution is -2.16. The van der Waals surface area contributed by atoms with Gasteiger partial charge < -0.3 is 10.1 Å². The Bertz CT molecular complexity index is 1230. The Kier molecular flexibility index (Phi) is 6.64. The monoisotopic (exact) mass is 470 g/mol. The number of hydrogen-bond donors (Lipinski definition) is 1. The molecule has 4 aromatic rings. The van der Waals surface area contributed by atoms with Gasteiger partial charge in [0.1, 0.15) is 11.6 Å². The van der Waals surface area contributed by atoms with Gasteiger partial charge in [-0.1, -0.05) is 12.1 Å². The van der Waals surface area contributed by atoms with Crippen molar-refractivity contribution in [3.05, 3.63) is 89.3 Å². The van der Waals surface area contributed by atoms with Crippen molar-refractivity contribution < 1.29 is 22.7 Å². The van der Waals surface area contributed by atoms with Gasteiger partial charge >= 0.3 is 6.18 Å².